The Labute approximate surface area is 137 Å². The maximum absolute atomic E-state index is 6.03. The second kappa shape index (κ2) is 7.99. The summed E-state index contributed by atoms with van der Waals surface area (Å²) in [6.45, 7) is 8.28. The van der Waals surface area contributed by atoms with Crippen LogP contribution in [0.1, 0.15) is 32.9 Å². The van der Waals surface area contributed by atoms with Gasteiger partial charge in [-0.05, 0) is 38.5 Å². The fourth-order valence-electron chi connectivity index (χ4n) is 2.33. The molecule has 22 heavy (non-hydrogen) atoms. The number of halogens is 1. The quantitative estimate of drug-likeness (QED) is 0.805. The van der Waals surface area contributed by atoms with Crippen LogP contribution in [0.4, 0.5) is 17.5 Å². The Balaban J connectivity index is 2.32. The highest BCUT2D eigenvalue weighted by Gasteiger charge is 2.09. The van der Waals surface area contributed by atoms with Crippen molar-refractivity contribution in [1.82, 2.24) is 9.97 Å². The molecule has 1 aromatic carbocycles. The molecule has 0 spiro atoms. The molecule has 0 saturated heterocycles. The number of hydrogen-bond donors (Lipinski definition) is 1. The highest BCUT2D eigenvalue weighted by atomic mass is 35.5. The molecule has 5 heteroatoms. The molecule has 118 valence electrons. The van der Waals surface area contributed by atoms with Gasteiger partial charge in [-0.25, -0.2) is 4.98 Å². The molecule has 0 radical (unpaired) electrons. The van der Waals surface area contributed by atoms with Crippen molar-refractivity contribution in [1.29, 1.82) is 0 Å². The van der Waals surface area contributed by atoms with Crippen LogP contribution in [0, 0.1) is 0 Å². The number of nitrogens with one attached hydrogen (secondary N) is 1. The highest BCUT2D eigenvalue weighted by Crippen LogP contribution is 2.21. The van der Waals surface area contributed by atoms with E-state index in [1.54, 1.807) is 0 Å². The SMILES string of the molecule is CCCc1cc(N(CC)CC)nc(Nc2cccc(Cl)c2)n1. The Hall–Kier alpha value is -1.81. The molecule has 4 nitrogen and oxygen atoms in total. The molecular weight excluding hydrogens is 296 g/mol. The Morgan fingerprint density at radius 2 is 1.86 bits per heavy atom. The lowest BCUT2D eigenvalue weighted by molar-refractivity contribution is 0.824. The number of rotatable bonds is 7. The number of aryl methyl sites for hydroxylation is 1. The highest BCUT2D eigenvalue weighted by molar-refractivity contribution is 6.30. The predicted molar refractivity (Wildman–Crippen MR) is 94.3 cm³/mol. The third-order valence-corrected chi connectivity index (χ3v) is 3.68. The van der Waals surface area contributed by atoms with Gasteiger partial charge in [0, 0.05) is 35.6 Å². The summed E-state index contributed by atoms with van der Waals surface area (Å²) in [6, 6.07) is 9.67. The monoisotopic (exact) mass is 318 g/mol. The van der Waals surface area contributed by atoms with Gasteiger partial charge in [-0.1, -0.05) is 31.0 Å². The summed E-state index contributed by atoms with van der Waals surface area (Å²) in [4.78, 5) is 11.5. The first-order valence-corrected chi connectivity index (χ1v) is 8.19. The Kier molecular flexibility index (Phi) is 6.01. The molecule has 0 aliphatic heterocycles. The molecule has 1 N–H and O–H groups in total. The van der Waals surface area contributed by atoms with Crippen molar-refractivity contribution in [3.05, 3.63) is 41.0 Å². The molecule has 2 rings (SSSR count). The summed E-state index contributed by atoms with van der Waals surface area (Å²) in [6.07, 6.45) is 2.01. The predicted octanol–water partition coefficient (Wildman–Crippen LogP) is 4.67. The van der Waals surface area contributed by atoms with Crippen molar-refractivity contribution >= 4 is 29.1 Å². The van der Waals surface area contributed by atoms with E-state index >= 15 is 0 Å². The zero-order valence-corrected chi connectivity index (χ0v) is 14.2. The molecule has 2 aromatic rings. The Morgan fingerprint density at radius 3 is 2.50 bits per heavy atom. The maximum atomic E-state index is 6.03. The summed E-state index contributed by atoms with van der Waals surface area (Å²) >= 11 is 6.03. The molecule has 0 saturated carbocycles. The first kappa shape index (κ1) is 16.6. The van der Waals surface area contributed by atoms with Crippen LogP contribution in [0.2, 0.25) is 5.02 Å². The van der Waals surface area contributed by atoms with Crippen LogP contribution in [0.15, 0.2) is 30.3 Å². The number of benzene rings is 1. The fraction of sp³-hybridized carbons (Fsp3) is 0.412. The molecule has 0 unspecified atom stereocenters. The van der Waals surface area contributed by atoms with Crippen molar-refractivity contribution in [2.45, 2.75) is 33.6 Å². The number of hydrogen-bond acceptors (Lipinski definition) is 4. The second-order valence-electron chi connectivity index (χ2n) is 5.10. The average molecular weight is 319 g/mol. The normalized spacial score (nSPS) is 10.5. The molecule has 0 bridgehead atoms. The van der Waals surface area contributed by atoms with E-state index in [1.807, 2.05) is 24.3 Å². The summed E-state index contributed by atoms with van der Waals surface area (Å²) in [5.41, 5.74) is 1.95. The second-order valence-corrected chi connectivity index (χ2v) is 5.54. The van der Waals surface area contributed by atoms with Crippen LogP contribution < -0.4 is 10.2 Å². The molecule has 0 fully saturated rings. The van der Waals surface area contributed by atoms with Gasteiger partial charge in [0.2, 0.25) is 5.95 Å². The van der Waals surface area contributed by atoms with Crippen molar-refractivity contribution < 1.29 is 0 Å². The van der Waals surface area contributed by atoms with Gasteiger partial charge in [-0.3, -0.25) is 0 Å². The Bertz CT molecular complexity index is 611. The van der Waals surface area contributed by atoms with Crippen LogP contribution in [0.25, 0.3) is 0 Å². The third kappa shape index (κ3) is 4.34. The molecule has 1 aromatic heterocycles. The minimum absolute atomic E-state index is 0.620. The largest absolute Gasteiger partial charge is 0.357 e. The zero-order chi connectivity index (χ0) is 15.9. The number of anilines is 3. The summed E-state index contributed by atoms with van der Waals surface area (Å²) < 4.78 is 0. The van der Waals surface area contributed by atoms with Gasteiger partial charge in [0.1, 0.15) is 5.82 Å². The van der Waals surface area contributed by atoms with E-state index in [0.29, 0.717) is 11.0 Å². The van der Waals surface area contributed by atoms with Gasteiger partial charge in [0.15, 0.2) is 0 Å². The molecular formula is C17H23ClN4. The van der Waals surface area contributed by atoms with Gasteiger partial charge >= 0.3 is 0 Å². The van der Waals surface area contributed by atoms with Gasteiger partial charge in [-0.2, -0.15) is 4.98 Å². The van der Waals surface area contributed by atoms with Gasteiger partial charge in [0.05, 0.1) is 0 Å². The minimum Gasteiger partial charge on any atom is -0.357 e. The maximum Gasteiger partial charge on any atom is 0.229 e. The standard InChI is InChI=1S/C17H23ClN4/c1-4-8-14-12-16(22(5-2)6-3)21-17(19-14)20-15-10-7-9-13(18)11-15/h7,9-12H,4-6,8H2,1-3H3,(H,19,20,21). The van der Waals surface area contributed by atoms with Crippen molar-refractivity contribution in [2.24, 2.45) is 0 Å². The van der Waals surface area contributed by atoms with E-state index in [0.717, 1.165) is 43.1 Å². The van der Waals surface area contributed by atoms with E-state index < -0.39 is 0 Å². The zero-order valence-electron chi connectivity index (χ0n) is 13.4. The van der Waals surface area contributed by atoms with E-state index in [2.05, 4.69) is 47.0 Å². The van der Waals surface area contributed by atoms with Crippen molar-refractivity contribution in [2.75, 3.05) is 23.3 Å². The lowest BCUT2D eigenvalue weighted by Gasteiger charge is -2.21. The van der Waals surface area contributed by atoms with Crippen LogP contribution in [0.5, 0.6) is 0 Å². The fourth-order valence-corrected chi connectivity index (χ4v) is 2.52. The summed E-state index contributed by atoms with van der Waals surface area (Å²) in [5, 5.41) is 3.95. The molecule has 0 aliphatic carbocycles. The van der Waals surface area contributed by atoms with Gasteiger partial charge < -0.3 is 10.2 Å². The first-order valence-electron chi connectivity index (χ1n) is 7.81. The smallest absolute Gasteiger partial charge is 0.229 e. The van der Waals surface area contributed by atoms with E-state index in [9.17, 15) is 0 Å². The van der Waals surface area contributed by atoms with E-state index in [-0.39, 0.29) is 0 Å². The van der Waals surface area contributed by atoms with Gasteiger partial charge in [0.25, 0.3) is 0 Å². The lowest BCUT2D eigenvalue weighted by Crippen LogP contribution is -2.23. The third-order valence-electron chi connectivity index (χ3n) is 3.44. The van der Waals surface area contributed by atoms with Crippen LogP contribution >= 0.6 is 11.6 Å². The molecule has 1 heterocycles. The Morgan fingerprint density at radius 1 is 1.09 bits per heavy atom. The number of aromatic nitrogens is 2. The van der Waals surface area contributed by atoms with Crippen LogP contribution in [-0.4, -0.2) is 23.1 Å². The van der Waals surface area contributed by atoms with Crippen molar-refractivity contribution in [3.8, 4) is 0 Å². The molecule has 0 aliphatic rings. The van der Waals surface area contributed by atoms with Crippen LogP contribution in [0.3, 0.4) is 0 Å². The average Bonchev–Trinajstić information content (AvgIpc) is 2.49. The van der Waals surface area contributed by atoms with Crippen LogP contribution in [-0.2, 0) is 6.42 Å². The summed E-state index contributed by atoms with van der Waals surface area (Å²) in [5.74, 6) is 1.59. The summed E-state index contributed by atoms with van der Waals surface area (Å²) in [7, 11) is 0. The van der Waals surface area contributed by atoms with E-state index in [4.69, 9.17) is 11.6 Å². The van der Waals surface area contributed by atoms with Crippen molar-refractivity contribution in [3.63, 3.8) is 0 Å². The molecule has 0 atom stereocenters. The molecule has 0 amide bonds. The lowest BCUT2D eigenvalue weighted by atomic mass is 10.2. The topological polar surface area (TPSA) is 41.1 Å². The van der Waals surface area contributed by atoms with E-state index in [1.165, 1.54) is 0 Å². The van der Waals surface area contributed by atoms with Gasteiger partial charge in [-0.15, -0.1) is 0 Å². The minimum atomic E-state index is 0.620. The first-order chi connectivity index (χ1) is 10.7. The number of nitrogens with zero attached hydrogens (tertiary/aromatic N) is 3.